The van der Waals surface area contributed by atoms with Crippen LogP contribution in [-0.2, 0) is 6.42 Å². The molecule has 0 aliphatic heterocycles. The molecule has 2 aromatic rings. The first-order chi connectivity index (χ1) is 11.2. The van der Waals surface area contributed by atoms with Gasteiger partial charge in [0, 0.05) is 17.5 Å². The molecule has 0 radical (unpaired) electrons. The second kappa shape index (κ2) is 6.37. The van der Waals surface area contributed by atoms with Gasteiger partial charge >= 0.3 is 0 Å². The van der Waals surface area contributed by atoms with Gasteiger partial charge in [-0.05, 0) is 76.6 Å². The molecule has 0 heterocycles. The Morgan fingerprint density at radius 3 is 2.21 bits per heavy atom. The summed E-state index contributed by atoms with van der Waals surface area (Å²) in [6.45, 7) is 13.5. The van der Waals surface area contributed by atoms with Crippen molar-refractivity contribution in [2.45, 2.75) is 71.9 Å². The topological polar surface area (TPSA) is 12.0 Å². The Balaban J connectivity index is 2.08. The maximum Gasteiger partial charge on any atom is 0.0399 e. The third kappa shape index (κ3) is 3.57. The van der Waals surface area contributed by atoms with Crippen molar-refractivity contribution in [2.24, 2.45) is 0 Å². The van der Waals surface area contributed by atoms with Crippen molar-refractivity contribution in [1.29, 1.82) is 0 Å². The fraction of sp³-hybridized carbons (Fsp3) is 0.478. The van der Waals surface area contributed by atoms with E-state index in [0.717, 1.165) is 0 Å². The maximum absolute atomic E-state index is 3.94. The molecule has 3 rings (SSSR count). The van der Waals surface area contributed by atoms with Crippen molar-refractivity contribution in [1.82, 2.24) is 5.32 Å². The van der Waals surface area contributed by atoms with E-state index in [4.69, 9.17) is 0 Å². The molecule has 1 N–H and O–H groups in total. The number of nitrogens with one attached hydrogen (secondary N) is 1. The third-order valence-electron chi connectivity index (χ3n) is 5.15. The Hall–Kier alpha value is -1.60. The van der Waals surface area contributed by atoms with Crippen LogP contribution >= 0.6 is 0 Å². The summed E-state index contributed by atoms with van der Waals surface area (Å²) in [7, 11) is 0. The second-order valence-electron chi connectivity index (χ2n) is 8.58. The van der Waals surface area contributed by atoms with Crippen LogP contribution in [0.15, 0.2) is 36.4 Å². The summed E-state index contributed by atoms with van der Waals surface area (Å²) in [6, 6.07) is 14.3. The van der Waals surface area contributed by atoms with Gasteiger partial charge in [-0.3, -0.25) is 0 Å². The first-order valence-electron chi connectivity index (χ1n) is 9.19. The first kappa shape index (κ1) is 17.2. The average Bonchev–Trinajstić information content (AvgIpc) is 2.46. The molecule has 0 saturated carbocycles. The minimum Gasteiger partial charge on any atom is -0.305 e. The fourth-order valence-electron chi connectivity index (χ4n) is 4.21. The van der Waals surface area contributed by atoms with E-state index in [2.05, 4.69) is 83.3 Å². The van der Waals surface area contributed by atoms with Crippen LogP contribution in [0.25, 0.3) is 0 Å². The lowest BCUT2D eigenvalue weighted by molar-refractivity contribution is 0.306. The van der Waals surface area contributed by atoms with Crippen molar-refractivity contribution in [3.8, 4) is 0 Å². The third-order valence-corrected chi connectivity index (χ3v) is 5.15. The quantitative estimate of drug-likeness (QED) is 0.740. The summed E-state index contributed by atoms with van der Waals surface area (Å²) in [5, 5.41) is 3.94. The van der Waals surface area contributed by atoms with Gasteiger partial charge in [-0.2, -0.15) is 0 Å². The SMILES string of the molecule is Cc1ccc([C@@H]2CCc3cc(C)cc(C)c3[C@H]2NC(C)(C)C)cc1. The van der Waals surface area contributed by atoms with Crippen LogP contribution in [0.2, 0.25) is 0 Å². The van der Waals surface area contributed by atoms with E-state index < -0.39 is 0 Å². The number of hydrogen-bond acceptors (Lipinski definition) is 1. The minimum atomic E-state index is 0.0968. The highest BCUT2D eigenvalue weighted by atomic mass is 15.0. The fourth-order valence-corrected chi connectivity index (χ4v) is 4.21. The Morgan fingerprint density at radius 1 is 0.917 bits per heavy atom. The molecular formula is C23H31N. The molecule has 0 bridgehead atoms. The Labute approximate surface area is 147 Å². The first-order valence-corrected chi connectivity index (χ1v) is 9.19. The maximum atomic E-state index is 3.94. The molecule has 0 aromatic heterocycles. The normalized spacial score (nSPS) is 20.8. The van der Waals surface area contributed by atoms with Crippen LogP contribution in [0.3, 0.4) is 0 Å². The molecule has 0 fully saturated rings. The highest BCUT2D eigenvalue weighted by Crippen LogP contribution is 2.43. The van der Waals surface area contributed by atoms with E-state index in [-0.39, 0.29) is 5.54 Å². The molecule has 2 aromatic carbocycles. The summed E-state index contributed by atoms with van der Waals surface area (Å²) in [5.74, 6) is 0.540. The largest absolute Gasteiger partial charge is 0.305 e. The summed E-state index contributed by atoms with van der Waals surface area (Å²) in [4.78, 5) is 0. The molecule has 2 atom stereocenters. The number of benzene rings is 2. The monoisotopic (exact) mass is 321 g/mol. The molecule has 0 saturated heterocycles. The summed E-state index contributed by atoms with van der Waals surface area (Å²) in [5.41, 5.74) is 8.79. The van der Waals surface area contributed by atoms with Crippen molar-refractivity contribution in [3.63, 3.8) is 0 Å². The highest BCUT2D eigenvalue weighted by molar-refractivity contribution is 5.45. The van der Waals surface area contributed by atoms with Gasteiger partial charge in [0.05, 0.1) is 0 Å². The van der Waals surface area contributed by atoms with Crippen LogP contribution in [0, 0.1) is 20.8 Å². The van der Waals surface area contributed by atoms with E-state index in [1.807, 2.05) is 0 Å². The van der Waals surface area contributed by atoms with Crippen LogP contribution in [0.1, 0.15) is 72.5 Å². The van der Waals surface area contributed by atoms with E-state index in [1.54, 1.807) is 0 Å². The van der Waals surface area contributed by atoms with Crippen molar-refractivity contribution in [2.75, 3.05) is 0 Å². The minimum absolute atomic E-state index is 0.0968. The summed E-state index contributed by atoms with van der Waals surface area (Å²) >= 11 is 0. The van der Waals surface area contributed by atoms with Crippen molar-refractivity contribution < 1.29 is 0 Å². The van der Waals surface area contributed by atoms with E-state index in [1.165, 1.54) is 46.2 Å². The molecule has 0 unspecified atom stereocenters. The molecule has 1 aliphatic rings. The summed E-state index contributed by atoms with van der Waals surface area (Å²) in [6.07, 6.45) is 2.39. The Bertz CT molecular complexity index is 719. The summed E-state index contributed by atoms with van der Waals surface area (Å²) < 4.78 is 0. The van der Waals surface area contributed by atoms with E-state index >= 15 is 0 Å². The lowest BCUT2D eigenvalue weighted by atomic mass is 9.73. The molecule has 24 heavy (non-hydrogen) atoms. The standard InChI is InChI=1S/C23H31N/c1-15-7-9-18(10-8-15)20-12-11-19-14-16(2)13-17(3)21(19)22(20)24-23(4,5)6/h7-10,13-14,20,22,24H,11-12H2,1-6H3/t20-,22-/m0/s1. The van der Waals surface area contributed by atoms with Crippen LogP contribution < -0.4 is 5.32 Å². The number of hydrogen-bond donors (Lipinski definition) is 1. The average molecular weight is 322 g/mol. The molecule has 1 nitrogen and oxygen atoms in total. The predicted molar refractivity (Wildman–Crippen MR) is 104 cm³/mol. The predicted octanol–water partition coefficient (Wildman–Crippen LogP) is 5.77. The molecule has 1 aliphatic carbocycles. The van der Waals surface area contributed by atoms with E-state index in [0.29, 0.717) is 12.0 Å². The zero-order chi connectivity index (χ0) is 17.5. The van der Waals surface area contributed by atoms with Crippen LogP contribution in [0.4, 0.5) is 0 Å². The van der Waals surface area contributed by atoms with Gasteiger partial charge in [-0.15, -0.1) is 0 Å². The smallest absolute Gasteiger partial charge is 0.0399 e. The molecule has 0 spiro atoms. The second-order valence-corrected chi connectivity index (χ2v) is 8.58. The van der Waals surface area contributed by atoms with E-state index in [9.17, 15) is 0 Å². The van der Waals surface area contributed by atoms with Gasteiger partial charge in [0.2, 0.25) is 0 Å². The van der Waals surface area contributed by atoms with Gasteiger partial charge in [-0.1, -0.05) is 47.5 Å². The van der Waals surface area contributed by atoms with Gasteiger partial charge < -0.3 is 5.32 Å². The number of fused-ring (bicyclic) bond motifs is 1. The van der Waals surface area contributed by atoms with Crippen molar-refractivity contribution in [3.05, 3.63) is 69.8 Å². The van der Waals surface area contributed by atoms with Gasteiger partial charge in [-0.25, -0.2) is 0 Å². The lowest BCUT2D eigenvalue weighted by Gasteiger charge is -2.40. The zero-order valence-corrected chi connectivity index (χ0v) is 16.0. The number of rotatable bonds is 2. The van der Waals surface area contributed by atoms with Crippen LogP contribution in [0.5, 0.6) is 0 Å². The van der Waals surface area contributed by atoms with Crippen molar-refractivity contribution >= 4 is 0 Å². The van der Waals surface area contributed by atoms with Gasteiger partial charge in [0.1, 0.15) is 0 Å². The Kier molecular flexibility index (Phi) is 4.57. The highest BCUT2D eigenvalue weighted by Gasteiger charge is 2.34. The lowest BCUT2D eigenvalue weighted by Crippen LogP contribution is -2.43. The Morgan fingerprint density at radius 2 is 1.58 bits per heavy atom. The van der Waals surface area contributed by atoms with Gasteiger partial charge in [0.25, 0.3) is 0 Å². The zero-order valence-electron chi connectivity index (χ0n) is 16.0. The van der Waals surface area contributed by atoms with Gasteiger partial charge in [0.15, 0.2) is 0 Å². The number of aryl methyl sites for hydroxylation is 4. The van der Waals surface area contributed by atoms with Crippen LogP contribution in [-0.4, -0.2) is 5.54 Å². The molecule has 0 amide bonds. The molecular weight excluding hydrogens is 290 g/mol. The molecule has 128 valence electrons. The molecule has 1 heteroatoms.